The zero-order chi connectivity index (χ0) is 47.3. The van der Waals surface area contributed by atoms with Gasteiger partial charge in [0.1, 0.15) is 0 Å². The van der Waals surface area contributed by atoms with E-state index in [1.54, 1.807) is 0 Å². The SMILES string of the molecule is CC(C)(C)c1ccc(N2c3cc(C(C)(C)C)cc4c3B(c3cc(C(C)(C)C)ccc3N4c3ccc(C(C)(C)C)cc3-c3ccccc3)c3sc4cc5c(cc4c32)C(C)(C)CCC5(C)C)cc1. The molecule has 66 heavy (non-hydrogen) atoms. The summed E-state index contributed by atoms with van der Waals surface area (Å²) in [6, 6.07) is 45.8. The average Bonchev–Trinajstić information content (AvgIpc) is 3.61. The topological polar surface area (TPSA) is 6.48 Å². The molecule has 0 saturated heterocycles. The molecule has 3 aliphatic rings. The van der Waals surface area contributed by atoms with Gasteiger partial charge in [-0.05, 0) is 150 Å². The van der Waals surface area contributed by atoms with Crippen LogP contribution in [0.25, 0.3) is 21.2 Å². The van der Waals surface area contributed by atoms with E-state index in [0.29, 0.717) is 0 Å². The summed E-state index contributed by atoms with van der Waals surface area (Å²) < 4.78 is 2.84. The monoisotopic (exact) mass is 887 g/mol. The van der Waals surface area contributed by atoms with Crippen LogP contribution >= 0.6 is 11.3 Å². The molecule has 2 aliphatic heterocycles. The molecule has 0 atom stereocenters. The molecule has 2 nitrogen and oxygen atoms in total. The Morgan fingerprint density at radius 2 is 1.00 bits per heavy atom. The second-order valence-corrected chi connectivity index (χ2v) is 26.5. The maximum Gasteiger partial charge on any atom is 0.264 e. The molecule has 1 aliphatic carbocycles. The normalized spacial score (nSPS) is 16.5. The Balaban J connectivity index is 1.37. The van der Waals surface area contributed by atoms with E-state index in [2.05, 4.69) is 236 Å². The van der Waals surface area contributed by atoms with Gasteiger partial charge >= 0.3 is 0 Å². The van der Waals surface area contributed by atoms with Crippen molar-refractivity contribution in [2.45, 2.75) is 156 Å². The van der Waals surface area contributed by atoms with E-state index in [0.717, 1.165) is 0 Å². The minimum atomic E-state index is -0.116. The number of anilines is 6. The van der Waals surface area contributed by atoms with Gasteiger partial charge < -0.3 is 9.80 Å². The van der Waals surface area contributed by atoms with E-state index in [4.69, 9.17) is 0 Å². The minimum absolute atomic E-state index is 0.00977. The lowest BCUT2D eigenvalue weighted by Crippen LogP contribution is -2.60. The van der Waals surface area contributed by atoms with Gasteiger partial charge in [0.15, 0.2) is 0 Å². The van der Waals surface area contributed by atoms with Crippen molar-refractivity contribution in [3.05, 3.63) is 149 Å². The first-order valence-corrected chi connectivity index (χ1v) is 25.4. The highest BCUT2D eigenvalue weighted by atomic mass is 32.1. The van der Waals surface area contributed by atoms with E-state index in [1.165, 1.54) is 117 Å². The van der Waals surface area contributed by atoms with Crippen LogP contribution in [0.5, 0.6) is 0 Å². The van der Waals surface area contributed by atoms with Crippen LogP contribution < -0.4 is 25.5 Å². The summed E-state index contributed by atoms with van der Waals surface area (Å²) in [7, 11) is 0. The minimum Gasteiger partial charge on any atom is -0.311 e. The van der Waals surface area contributed by atoms with Crippen molar-refractivity contribution in [3.63, 3.8) is 0 Å². The van der Waals surface area contributed by atoms with Crippen molar-refractivity contribution in [2.75, 3.05) is 9.80 Å². The van der Waals surface area contributed by atoms with Crippen LogP contribution in [0.15, 0.2) is 115 Å². The zero-order valence-electron chi connectivity index (χ0n) is 42.8. The molecule has 338 valence electrons. The maximum atomic E-state index is 2.69. The van der Waals surface area contributed by atoms with Crippen LogP contribution in [0.4, 0.5) is 34.1 Å². The summed E-state index contributed by atoms with van der Waals surface area (Å²) in [6.07, 6.45) is 2.39. The Morgan fingerprint density at radius 1 is 0.485 bits per heavy atom. The van der Waals surface area contributed by atoms with E-state index < -0.39 is 0 Å². The van der Waals surface area contributed by atoms with Crippen molar-refractivity contribution in [1.29, 1.82) is 0 Å². The molecule has 3 heterocycles. The molecule has 0 saturated carbocycles. The highest BCUT2D eigenvalue weighted by Crippen LogP contribution is 2.54. The molecule has 0 bridgehead atoms. The molecule has 0 spiro atoms. The third kappa shape index (κ3) is 7.19. The molecule has 0 fully saturated rings. The summed E-state index contributed by atoms with van der Waals surface area (Å²) in [5.74, 6) is 0. The van der Waals surface area contributed by atoms with Crippen molar-refractivity contribution >= 4 is 78.0 Å². The van der Waals surface area contributed by atoms with Crippen LogP contribution in [0.3, 0.4) is 0 Å². The Morgan fingerprint density at radius 3 is 1.58 bits per heavy atom. The van der Waals surface area contributed by atoms with Crippen molar-refractivity contribution in [1.82, 2.24) is 0 Å². The number of rotatable bonds is 3. The lowest BCUT2D eigenvalue weighted by Gasteiger charge is -2.45. The third-order valence-corrected chi connectivity index (χ3v) is 16.8. The highest BCUT2D eigenvalue weighted by molar-refractivity contribution is 7.33. The summed E-state index contributed by atoms with van der Waals surface area (Å²) in [4.78, 5) is 5.35. The fraction of sp³-hybridized carbons (Fsp3) is 0.387. The van der Waals surface area contributed by atoms with Gasteiger partial charge in [-0.15, -0.1) is 11.3 Å². The van der Waals surface area contributed by atoms with Crippen LogP contribution in [-0.2, 0) is 32.5 Å². The van der Waals surface area contributed by atoms with Crippen LogP contribution in [0.2, 0.25) is 0 Å². The Labute approximate surface area is 401 Å². The molecular formula is C62H71BN2S. The van der Waals surface area contributed by atoms with Gasteiger partial charge in [-0.25, -0.2) is 0 Å². The van der Waals surface area contributed by atoms with E-state index in [1.807, 2.05) is 11.3 Å². The van der Waals surface area contributed by atoms with Gasteiger partial charge in [-0.2, -0.15) is 0 Å². The van der Waals surface area contributed by atoms with E-state index >= 15 is 0 Å². The predicted molar refractivity (Wildman–Crippen MR) is 291 cm³/mol. The molecule has 0 N–H and O–H groups in total. The number of hydrogen-bond acceptors (Lipinski definition) is 3. The summed E-state index contributed by atoms with van der Waals surface area (Å²) >= 11 is 2.05. The second kappa shape index (κ2) is 14.7. The Kier molecular flexibility index (Phi) is 9.98. The molecule has 0 radical (unpaired) electrons. The number of benzene rings is 6. The zero-order valence-corrected chi connectivity index (χ0v) is 43.6. The predicted octanol–water partition coefficient (Wildman–Crippen LogP) is 16.2. The van der Waals surface area contributed by atoms with Crippen molar-refractivity contribution < 1.29 is 0 Å². The molecule has 7 aromatic rings. The fourth-order valence-corrected chi connectivity index (χ4v) is 12.5. The Bertz CT molecular complexity index is 3060. The fourth-order valence-electron chi connectivity index (χ4n) is 11.1. The lowest BCUT2D eigenvalue weighted by molar-refractivity contribution is 0.332. The van der Waals surface area contributed by atoms with E-state index in [9.17, 15) is 0 Å². The van der Waals surface area contributed by atoms with Crippen molar-refractivity contribution in [2.24, 2.45) is 0 Å². The molecular weight excluding hydrogens is 816 g/mol. The first-order chi connectivity index (χ1) is 30.7. The van der Waals surface area contributed by atoms with Crippen LogP contribution in [0.1, 0.15) is 157 Å². The lowest BCUT2D eigenvalue weighted by atomic mass is 9.36. The van der Waals surface area contributed by atoms with Gasteiger partial charge in [0.05, 0.1) is 11.4 Å². The molecule has 0 unspecified atom stereocenters. The molecule has 10 rings (SSSR count). The summed E-state index contributed by atoms with van der Waals surface area (Å²) in [6.45, 7) is 38.2. The second-order valence-electron chi connectivity index (χ2n) is 25.4. The average molecular weight is 887 g/mol. The van der Waals surface area contributed by atoms with Crippen LogP contribution in [-0.4, -0.2) is 6.71 Å². The number of nitrogens with zero attached hydrogens (tertiary/aromatic N) is 2. The largest absolute Gasteiger partial charge is 0.311 e. The first-order valence-electron chi connectivity index (χ1n) is 24.6. The molecule has 4 heteroatoms. The Hall–Kier alpha value is -5.06. The molecule has 6 aromatic carbocycles. The maximum absolute atomic E-state index is 2.69. The van der Waals surface area contributed by atoms with Gasteiger partial charge in [0.25, 0.3) is 6.71 Å². The first kappa shape index (κ1) is 44.8. The van der Waals surface area contributed by atoms with Gasteiger partial charge in [0.2, 0.25) is 0 Å². The standard InChI is InChI=1S/C62H71BN2S/c1-57(2,3)39-22-26-43(27-23-39)64-51-34-42(60(10,11)12)35-52-54(51)63(56-55(64)45-36-46-47(37-53(45)66-56)62(15,16)31-30-61(46,13)14)48-33-41(59(7,8)9)25-29-50(48)65(52)49-28-24-40(58(4,5)6)32-44(49)38-20-18-17-19-21-38/h17-29,32-37H,30-31H2,1-16H3. The van der Waals surface area contributed by atoms with Crippen LogP contribution in [0, 0.1) is 0 Å². The van der Waals surface area contributed by atoms with Gasteiger partial charge in [-0.1, -0.05) is 171 Å². The molecule has 1 aromatic heterocycles. The molecule has 0 amide bonds. The summed E-state index contributed by atoms with van der Waals surface area (Å²) in [5, 5.41) is 1.38. The van der Waals surface area contributed by atoms with Gasteiger partial charge in [0, 0.05) is 43.2 Å². The quantitative estimate of drug-likeness (QED) is 0.163. The summed E-state index contributed by atoms with van der Waals surface area (Å²) in [5.41, 5.74) is 21.4. The number of hydrogen-bond donors (Lipinski definition) is 0. The van der Waals surface area contributed by atoms with Crippen molar-refractivity contribution in [3.8, 4) is 11.1 Å². The number of thiophene rings is 1. The van der Waals surface area contributed by atoms with E-state index in [-0.39, 0.29) is 39.2 Å². The van der Waals surface area contributed by atoms with Gasteiger partial charge in [-0.3, -0.25) is 0 Å². The number of fused-ring (bicyclic) bond motifs is 7. The third-order valence-electron chi connectivity index (χ3n) is 15.5. The highest BCUT2D eigenvalue weighted by Gasteiger charge is 2.47. The smallest absolute Gasteiger partial charge is 0.264 e.